The first-order chi connectivity index (χ1) is 6.92. The average molecular weight is 209 g/mol. The van der Waals surface area contributed by atoms with Gasteiger partial charge in [0.15, 0.2) is 11.5 Å². The van der Waals surface area contributed by atoms with Gasteiger partial charge in [-0.1, -0.05) is 0 Å². The molecule has 2 aliphatic heterocycles. The Hall–Kier alpha value is -0.870. The number of fused-ring (bicyclic) bond motifs is 1. The molecule has 0 bridgehead atoms. The third-order valence-corrected chi connectivity index (χ3v) is 3.58. The molecule has 0 atom stereocenters. The van der Waals surface area contributed by atoms with Crippen LogP contribution in [-0.4, -0.2) is 25.1 Å². The third kappa shape index (κ3) is 1.44. The van der Waals surface area contributed by atoms with Crippen molar-refractivity contribution in [2.24, 2.45) is 0 Å². The topological polar surface area (TPSA) is 30.5 Å². The van der Waals surface area contributed by atoms with E-state index in [1.165, 1.54) is 4.90 Å². The molecule has 0 aliphatic carbocycles. The fraction of sp³-hybridized carbons (Fsp3) is 0.400. The van der Waals surface area contributed by atoms with Crippen LogP contribution >= 0.6 is 11.8 Å². The molecule has 0 amide bonds. The maximum Gasteiger partial charge on any atom is 0.231 e. The molecule has 0 radical (unpaired) electrons. The number of thioether (sulfide) groups is 1. The summed E-state index contributed by atoms with van der Waals surface area (Å²) in [5, 5.41) is 3.97. The summed E-state index contributed by atoms with van der Waals surface area (Å²) in [6, 6.07) is 6.14. The summed E-state index contributed by atoms with van der Waals surface area (Å²) in [5.74, 6) is 1.74. The first-order valence-corrected chi connectivity index (χ1v) is 5.57. The summed E-state index contributed by atoms with van der Waals surface area (Å²) in [4.78, 5) is 1.26. The van der Waals surface area contributed by atoms with E-state index in [-0.39, 0.29) is 0 Å². The van der Waals surface area contributed by atoms with Crippen molar-refractivity contribution in [3.8, 4) is 11.5 Å². The Morgan fingerprint density at radius 2 is 2.07 bits per heavy atom. The standard InChI is InChI=1S/C10H11NO2S/c1-2-9-10(13-6-12-9)3-7(1)14-8-4-11-5-8/h1-3,8,11H,4-6H2. The van der Waals surface area contributed by atoms with Crippen molar-refractivity contribution in [2.75, 3.05) is 19.9 Å². The molecule has 3 rings (SSSR count). The van der Waals surface area contributed by atoms with Crippen LogP contribution in [-0.2, 0) is 0 Å². The highest BCUT2D eigenvalue weighted by molar-refractivity contribution is 8.00. The normalized spacial score (nSPS) is 19.4. The van der Waals surface area contributed by atoms with E-state index in [0.29, 0.717) is 6.79 Å². The van der Waals surface area contributed by atoms with Gasteiger partial charge in [0.2, 0.25) is 6.79 Å². The monoisotopic (exact) mass is 209 g/mol. The molecular formula is C10H11NO2S. The number of hydrogen-bond donors (Lipinski definition) is 1. The Kier molecular flexibility index (Phi) is 2.03. The van der Waals surface area contributed by atoms with Crippen LogP contribution in [0, 0.1) is 0 Å². The van der Waals surface area contributed by atoms with Gasteiger partial charge in [0.1, 0.15) is 0 Å². The predicted molar refractivity (Wildman–Crippen MR) is 55.1 cm³/mol. The van der Waals surface area contributed by atoms with E-state index in [1.807, 2.05) is 17.8 Å². The minimum Gasteiger partial charge on any atom is -0.454 e. The van der Waals surface area contributed by atoms with Crippen LogP contribution in [0.5, 0.6) is 11.5 Å². The molecule has 1 aromatic rings. The second-order valence-corrected chi connectivity index (χ2v) is 4.79. The van der Waals surface area contributed by atoms with E-state index in [1.54, 1.807) is 0 Å². The second-order valence-electron chi connectivity index (χ2n) is 3.41. The summed E-state index contributed by atoms with van der Waals surface area (Å²) in [6.07, 6.45) is 0. The summed E-state index contributed by atoms with van der Waals surface area (Å²) >= 11 is 1.90. The molecule has 1 aromatic carbocycles. The van der Waals surface area contributed by atoms with E-state index < -0.39 is 0 Å². The zero-order valence-corrected chi connectivity index (χ0v) is 8.47. The van der Waals surface area contributed by atoms with Crippen LogP contribution in [0.2, 0.25) is 0 Å². The van der Waals surface area contributed by atoms with Crippen molar-refractivity contribution >= 4 is 11.8 Å². The highest BCUT2D eigenvalue weighted by atomic mass is 32.2. The van der Waals surface area contributed by atoms with E-state index in [4.69, 9.17) is 9.47 Å². The molecule has 4 heteroatoms. The maximum absolute atomic E-state index is 5.32. The van der Waals surface area contributed by atoms with Crippen molar-refractivity contribution in [3.05, 3.63) is 18.2 Å². The maximum atomic E-state index is 5.32. The van der Waals surface area contributed by atoms with Gasteiger partial charge in [0, 0.05) is 23.2 Å². The molecule has 0 spiro atoms. The third-order valence-electron chi connectivity index (χ3n) is 2.39. The lowest BCUT2D eigenvalue weighted by molar-refractivity contribution is 0.174. The quantitative estimate of drug-likeness (QED) is 0.799. The Labute approximate surface area is 86.8 Å². The molecule has 1 N–H and O–H groups in total. The van der Waals surface area contributed by atoms with Gasteiger partial charge in [-0.3, -0.25) is 0 Å². The van der Waals surface area contributed by atoms with Crippen molar-refractivity contribution in [2.45, 2.75) is 10.1 Å². The van der Waals surface area contributed by atoms with E-state index >= 15 is 0 Å². The molecule has 14 heavy (non-hydrogen) atoms. The van der Waals surface area contributed by atoms with Gasteiger partial charge in [-0.2, -0.15) is 0 Å². The average Bonchev–Trinajstić information content (AvgIpc) is 2.58. The van der Waals surface area contributed by atoms with Gasteiger partial charge < -0.3 is 14.8 Å². The summed E-state index contributed by atoms with van der Waals surface area (Å²) in [7, 11) is 0. The Morgan fingerprint density at radius 3 is 2.86 bits per heavy atom. The predicted octanol–water partition coefficient (Wildman–Crippen LogP) is 1.48. The number of rotatable bonds is 2. The first-order valence-electron chi connectivity index (χ1n) is 4.69. The van der Waals surface area contributed by atoms with Crippen molar-refractivity contribution in [3.63, 3.8) is 0 Å². The van der Waals surface area contributed by atoms with Crippen LogP contribution in [0.25, 0.3) is 0 Å². The molecular weight excluding hydrogens is 198 g/mol. The lowest BCUT2D eigenvalue weighted by atomic mass is 10.3. The van der Waals surface area contributed by atoms with Gasteiger partial charge in [-0.15, -0.1) is 11.8 Å². The molecule has 74 valence electrons. The molecule has 0 aromatic heterocycles. The van der Waals surface area contributed by atoms with E-state index in [9.17, 15) is 0 Å². The SMILES string of the molecule is c1cc2c(cc1SC1CNC1)OCO2. The van der Waals surface area contributed by atoms with Crippen LogP contribution in [0.15, 0.2) is 23.1 Å². The molecule has 0 unspecified atom stereocenters. The molecule has 0 saturated carbocycles. The van der Waals surface area contributed by atoms with Crippen molar-refractivity contribution < 1.29 is 9.47 Å². The van der Waals surface area contributed by atoms with Gasteiger partial charge in [-0.25, -0.2) is 0 Å². The molecule has 1 saturated heterocycles. The molecule has 1 fully saturated rings. The Morgan fingerprint density at radius 1 is 1.21 bits per heavy atom. The lowest BCUT2D eigenvalue weighted by Crippen LogP contribution is -2.44. The highest BCUT2D eigenvalue weighted by Crippen LogP contribution is 2.37. The highest BCUT2D eigenvalue weighted by Gasteiger charge is 2.19. The molecule has 2 aliphatic rings. The van der Waals surface area contributed by atoms with Crippen LogP contribution in [0.3, 0.4) is 0 Å². The van der Waals surface area contributed by atoms with Gasteiger partial charge in [0.25, 0.3) is 0 Å². The number of ether oxygens (including phenoxy) is 2. The number of benzene rings is 1. The minimum atomic E-state index is 0.356. The molecule has 3 nitrogen and oxygen atoms in total. The van der Waals surface area contributed by atoms with Crippen LogP contribution < -0.4 is 14.8 Å². The van der Waals surface area contributed by atoms with Crippen molar-refractivity contribution in [1.82, 2.24) is 5.32 Å². The smallest absolute Gasteiger partial charge is 0.231 e. The summed E-state index contributed by atoms with van der Waals surface area (Å²) in [6.45, 7) is 2.58. The van der Waals surface area contributed by atoms with Crippen molar-refractivity contribution in [1.29, 1.82) is 0 Å². The first kappa shape index (κ1) is 8.44. The molecule has 2 heterocycles. The van der Waals surface area contributed by atoms with E-state index in [2.05, 4.69) is 17.4 Å². The minimum absolute atomic E-state index is 0.356. The lowest BCUT2D eigenvalue weighted by Gasteiger charge is -2.26. The largest absolute Gasteiger partial charge is 0.454 e. The number of nitrogens with one attached hydrogen (secondary N) is 1. The van der Waals surface area contributed by atoms with Gasteiger partial charge in [-0.05, 0) is 18.2 Å². The van der Waals surface area contributed by atoms with E-state index in [0.717, 1.165) is 29.8 Å². The number of hydrogen-bond acceptors (Lipinski definition) is 4. The van der Waals surface area contributed by atoms with Gasteiger partial charge >= 0.3 is 0 Å². The van der Waals surface area contributed by atoms with Crippen LogP contribution in [0.4, 0.5) is 0 Å². The zero-order chi connectivity index (χ0) is 9.38. The second kappa shape index (κ2) is 3.37. The van der Waals surface area contributed by atoms with Crippen LogP contribution in [0.1, 0.15) is 0 Å². The summed E-state index contributed by atoms with van der Waals surface area (Å²) < 4.78 is 10.6. The Bertz CT molecular complexity index is 352. The fourth-order valence-electron chi connectivity index (χ4n) is 1.49. The summed E-state index contributed by atoms with van der Waals surface area (Å²) in [5.41, 5.74) is 0. The Balaban J connectivity index is 1.78. The fourth-order valence-corrected chi connectivity index (χ4v) is 2.60. The van der Waals surface area contributed by atoms with Gasteiger partial charge in [0.05, 0.1) is 0 Å². The zero-order valence-electron chi connectivity index (χ0n) is 7.66.